The van der Waals surface area contributed by atoms with E-state index in [0.29, 0.717) is 18.5 Å². The molecule has 6 heteroatoms. The highest BCUT2D eigenvalue weighted by molar-refractivity contribution is 7.18. The van der Waals surface area contributed by atoms with Crippen molar-refractivity contribution in [2.24, 2.45) is 0 Å². The third-order valence-corrected chi connectivity index (χ3v) is 4.87. The quantitative estimate of drug-likeness (QED) is 0.559. The van der Waals surface area contributed by atoms with Crippen LogP contribution < -0.4 is 5.32 Å². The van der Waals surface area contributed by atoms with Crippen molar-refractivity contribution >= 4 is 27.6 Å². The fraction of sp³-hybridized carbons (Fsp3) is 0.211. The van der Waals surface area contributed by atoms with Gasteiger partial charge in [0.1, 0.15) is 0 Å². The first-order chi connectivity index (χ1) is 12.3. The van der Waals surface area contributed by atoms with Gasteiger partial charge in [0.25, 0.3) is 0 Å². The summed E-state index contributed by atoms with van der Waals surface area (Å²) in [7, 11) is 0. The van der Waals surface area contributed by atoms with Gasteiger partial charge in [-0.2, -0.15) is 0 Å². The predicted molar refractivity (Wildman–Crippen MR) is 99.8 cm³/mol. The first-order valence-electron chi connectivity index (χ1n) is 8.22. The van der Waals surface area contributed by atoms with E-state index in [4.69, 9.17) is 4.42 Å². The number of rotatable bonds is 6. The monoisotopic (exact) mass is 350 g/mol. The van der Waals surface area contributed by atoms with Gasteiger partial charge in [-0.05, 0) is 36.6 Å². The number of benzene rings is 2. The minimum Gasteiger partial charge on any atom is -0.408 e. The molecule has 0 unspecified atom stereocenters. The second-order valence-electron chi connectivity index (χ2n) is 5.88. The molecule has 1 N–H and O–H groups in total. The molecule has 0 saturated heterocycles. The number of nitrogens with one attached hydrogen (secondary N) is 1. The molecule has 0 fully saturated rings. The molecule has 0 radical (unpaired) electrons. The Labute approximate surface area is 149 Å². The lowest BCUT2D eigenvalue weighted by molar-refractivity contribution is 0.503. The number of anilines is 1. The molecular formula is C19H18N4OS. The minimum atomic E-state index is 0.462. The van der Waals surface area contributed by atoms with Crippen LogP contribution in [0.5, 0.6) is 0 Å². The molecule has 0 spiro atoms. The second-order valence-corrected chi connectivity index (χ2v) is 7.11. The number of aromatic nitrogens is 3. The Kier molecular flexibility index (Phi) is 4.43. The maximum Gasteiger partial charge on any atom is 0.315 e. The number of hydrogen-bond donors (Lipinski definition) is 1. The summed E-state index contributed by atoms with van der Waals surface area (Å²) in [6, 6.07) is 17.0. The summed E-state index contributed by atoms with van der Waals surface area (Å²) in [5.41, 5.74) is 3.48. The van der Waals surface area contributed by atoms with E-state index in [1.165, 1.54) is 15.8 Å². The normalized spacial score (nSPS) is 11.1. The highest BCUT2D eigenvalue weighted by Gasteiger charge is 2.07. The van der Waals surface area contributed by atoms with Gasteiger partial charge in [-0.15, -0.1) is 16.4 Å². The zero-order chi connectivity index (χ0) is 17.1. The Morgan fingerprint density at radius 2 is 1.88 bits per heavy atom. The van der Waals surface area contributed by atoms with E-state index in [0.717, 1.165) is 23.4 Å². The molecule has 0 aliphatic carbocycles. The molecule has 2 aromatic heterocycles. The summed E-state index contributed by atoms with van der Waals surface area (Å²) in [4.78, 5) is 4.48. The van der Waals surface area contributed by atoms with Crippen LogP contribution in [0, 0.1) is 6.92 Å². The van der Waals surface area contributed by atoms with Crippen molar-refractivity contribution in [3.05, 3.63) is 70.6 Å². The van der Waals surface area contributed by atoms with Gasteiger partial charge in [-0.1, -0.05) is 41.5 Å². The summed E-state index contributed by atoms with van der Waals surface area (Å²) in [6.07, 6.45) is 1.63. The van der Waals surface area contributed by atoms with Crippen molar-refractivity contribution < 1.29 is 4.42 Å². The fourth-order valence-corrected chi connectivity index (χ4v) is 3.58. The molecule has 5 nitrogen and oxygen atoms in total. The SMILES string of the molecule is Cc1nc2ccc(CNc3nnc(CCc4ccccc4)o3)cc2s1. The molecule has 126 valence electrons. The molecule has 2 heterocycles. The van der Waals surface area contributed by atoms with E-state index in [1.54, 1.807) is 11.3 Å². The van der Waals surface area contributed by atoms with Crippen LogP contribution in [0.15, 0.2) is 52.9 Å². The molecule has 0 aliphatic rings. The van der Waals surface area contributed by atoms with E-state index < -0.39 is 0 Å². The van der Waals surface area contributed by atoms with Crippen LogP contribution >= 0.6 is 11.3 Å². The van der Waals surface area contributed by atoms with Gasteiger partial charge in [-0.25, -0.2) is 4.98 Å². The lowest BCUT2D eigenvalue weighted by Crippen LogP contribution is -1.99. The summed E-state index contributed by atoms with van der Waals surface area (Å²) in [6.45, 7) is 2.67. The molecule has 25 heavy (non-hydrogen) atoms. The molecule has 0 aliphatic heterocycles. The lowest BCUT2D eigenvalue weighted by atomic mass is 10.1. The van der Waals surface area contributed by atoms with E-state index in [-0.39, 0.29) is 0 Å². The van der Waals surface area contributed by atoms with Gasteiger partial charge < -0.3 is 9.73 Å². The van der Waals surface area contributed by atoms with Crippen LogP contribution in [0.1, 0.15) is 22.0 Å². The third kappa shape index (κ3) is 3.85. The molecule has 0 atom stereocenters. The Hall–Kier alpha value is -2.73. The van der Waals surface area contributed by atoms with Crippen LogP contribution in [0.3, 0.4) is 0 Å². The Morgan fingerprint density at radius 3 is 2.76 bits per heavy atom. The number of hydrogen-bond acceptors (Lipinski definition) is 6. The van der Waals surface area contributed by atoms with E-state index >= 15 is 0 Å². The summed E-state index contributed by atoms with van der Waals surface area (Å²) in [5.74, 6) is 0.653. The summed E-state index contributed by atoms with van der Waals surface area (Å²) in [5, 5.41) is 12.5. The van der Waals surface area contributed by atoms with Gasteiger partial charge in [0, 0.05) is 13.0 Å². The Morgan fingerprint density at radius 1 is 1.00 bits per heavy atom. The maximum absolute atomic E-state index is 5.68. The molecule has 0 amide bonds. The van der Waals surface area contributed by atoms with Crippen molar-refractivity contribution in [2.75, 3.05) is 5.32 Å². The molecule has 4 rings (SSSR count). The van der Waals surface area contributed by atoms with Crippen LogP contribution in [0.4, 0.5) is 6.01 Å². The van der Waals surface area contributed by atoms with Gasteiger partial charge in [-0.3, -0.25) is 0 Å². The standard InChI is InChI=1S/C19H18N4OS/c1-13-21-16-9-7-15(11-17(16)25-13)12-20-19-23-22-18(24-19)10-8-14-5-3-2-4-6-14/h2-7,9,11H,8,10,12H2,1H3,(H,20,23). The van der Waals surface area contributed by atoms with E-state index in [9.17, 15) is 0 Å². The van der Waals surface area contributed by atoms with Gasteiger partial charge >= 0.3 is 6.01 Å². The third-order valence-electron chi connectivity index (χ3n) is 3.94. The number of thiazole rings is 1. The van der Waals surface area contributed by atoms with Crippen molar-refractivity contribution in [1.29, 1.82) is 0 Å². The maximum atomic E-state index is 5.68. The molecule has 4 aromatic rings. The minimum absolute atomic E-state index is 0.462. The average molecular weight is 350 g/mol. The largest absolute Gasteiger partial charge is 0.408 e. The van der Waals surface area contributed by atoms with Crippen LogP contribution in [-0.2, 0) is 19.4 Å². The van der Waals surface area contributed by atoms with Crippen molar-refractivity contribution in [2.45, 2.75) is 26.3 Å². The zero-order valence-electron chi connectivity index (χ0n) is 13.9. The number of aryl methyl sites for hydroxylation is 3. The first-order valence-corrected chi connectivity index (χ1v) is 9.04. The predicted octanol–water partition coefficient (Wildman–Crippen LogP) is 4.39. The Bertz CT molecular complexity index is 977. The lowest BCUT2D eigenvalue weighted by Gasteiger charge is -2.01. The average Bonchev–Trinajstić information content (AvgIpc) is 3.24. The topological polar surface area (TPSA) is 63.8 Å². The highest BCUT2D eigenvalue weighted by atomic mass is 32.1. The van der Waals surface area contributed by atoms with Gasteiger partial charge in [0.05, 0.1) is 15.2 Å². The molecular weight excluding hydrogens is 332 g/mol. The summed E-state index contributed by atoms with van der Waals surface area (Å²) < 4.78 is 6.88. The van der Waals surface area contributed by atoms with E-state index in [1.807, 2.05) is 25.1 Å². The zero-order valence-corrected chi connectivity index (χ0v) is 14.7. The number of nitrogens with zero attached hydrogens (tertiary/aromatic N) is 3. The van der Waals surface area contributed by atoms with Crippen molar-refractivity contribution in [3.8, 4) is 0 Å². The summed E-state index contributed by atoms with van der Waals surface area (Å²) >= 11 is 1.71. The second kappa shape index (κ2) is 7.03. The van der Waals surface area contributed by atoms with Crippen LogP contribution in [0.2, 0.25) is 0 Å². The molecule has 0 saturated carbocycles. The van der Waals surface area contributed by atoms with Crippen LogP contribution in [0.25, 0.3) is 10.2 Å². The van der Waals surface area contributed by atoms with Crippen molar-refractivity contribution in [1.82, 2.24) is 15.2 Å². The first kappa shape index (κ1) is 15.8. The smallest absolute Gasteiger partial charge is 0.315 e. The highest BCUT2D eigenvalue weighted by Crippen LogP contribution is 2.23. The number of fused-ring (bicyclic) bond motifs is 1. The molecule has 0 bridgehead atoms. The fourth-order valence-electron chi connectivity index (χ4n) is 2.69. The van der Waals surface area contributed by atoms with Crippen LogP contribution in [-0.4, -0.2) is 15.2 Å². The van der Waals surface area contributed by atoms with Crippen molar-refractivity contribution in [3.63, 3.8) is 0 Å². The van der Waals surface area contributed by atoms with E-state index in [2.05, 4.69) is 50.8 Å². The van der Waals surface area contributed by atoms with Gasteiger partial charge in [0.15, 0.2) is 0 Å². The molecule has 2 aromatic carbocycles. The van der Waals surface area contributed by atoms with Gasteiger partial charge in [0.2, 0.25) is 5.89 Å². The Balaban J connectivity index is 1.35.